The number of ether oxygens (including phenoxy) is 1. The summed E-state index contributed by atoms with van der Waals surface area (Å²) in [6.45, 7) is 9.80. The van der Waals surface area contributed by atoms with E-state index in [1.807, 2.05) is 13.0 Å². The molecular weight excluding hydrogens is 368 g/mol. The molecular formula is C22H28N4OS. The molecule has 0 amide bonds. The van der Waals surface area contributed by atoms with Crippen LogP contribution in [0.15, 0.2) is 42.5 Å². The number of aryl methyl sites for hydroxylation is 1. The molecule has 2 aromatic carbocycles. The molecule has 1 fully saturated rings. The molecule has 148 valence electrons. The highest BCUT2D eigenvalue weighted by Gasteiger charge is 2.23. The first kappa shape index (κ1) is 19.2. The molecule has 0 aliphatic carbocycles. The van der Waals surface area contributed by atoms with Crippen molar-refractivity contribution in [1.29, 1.82) is 0 Å². The molecule has 0 spiro atoms. The van der Waals surface area contributed by atoms with E-state index in [1.165, 1.54) is 15.8 Å². The zero-order chi connectivity index (χ0) is 19.3. The molecule has 0 bridgehead atoms. The third kappa shape index (κ3) is 4.29. The normalized spacial score (nSPS) is 17.7. The van der Waals surface area contributed by atoms with Gasteiger partial charge in [0.05, 0.1) is 16.8 Å². The van der Waals surface area contributed by atoms with E-state index >= 15 is 0 Å². The van der Waals surface area contributed by atoms with Crippen LogP contribution in [0.5, 0.6) is 5.75 Å². The topological polar surface area (TPSA) is 49.4 Å². The van der Waals surface area contributed by atoms with E-state index in [9.17, 15) is 0 Å². The Morgan fingerprint density at radius 2 is 2.14 bits per heavy atom. The van der Waals surface area contributed by atoms with Gasteiger partial charge in [-0.25, -0.2) is 4.98 Å². The second kappa shape index (κ2) is 8.90. The third-order valence-corrected chi connectivity index (χ3v) is 6.16. The van der Waals surface area contributed by atoms with E-state index in [1.54, 1.807) is 11.3 Å². The van der Waals surface area contributed by atoms with Gasteiger partial charge in [-0.05, 0) is 31.5 Å². The molecule has 1 aliphatic rings. The number of hydrogen-bond donors (Lipinski definition) is 2. The van der Waals surface area contributed by atoms with E-state index in [0.29, 0.717) is 12.6 Å². The van der Waals surface area contributed by atoms with Crippen molar-refractivity contribution >= 4 is 26.7 Å². The van der Waals surface area contributed by atoms with Crippen LogP contribution in [0.1, 0.15) is 24.1 Å². The summed E-state index contributed by atoms with van der Waals surface area (Å²) in [7, 11) is 0. The van der Waals surface area contributed by atoms with Gasteiger partial charge in [0.15, 0.2) is 5.13 Å². The number of para-hydroxylation sites is 2. The van der Waals surface area contributed by atoms with Crippen LogP contribution in [0.25, 0.3) is 10.2 Å². The van der Waals surface area contributed by atoms with Gasteiger partial charge in [0.1, 0.15) is 5.75 Å². The molecule has 0 saturated carbocycles. The van der Waals surface area contributed by atoms with Gasteiger partial charge < -0.3 is 15.4 Å². The minimum absolute atomic E-state index is 0.307. The molecule has 3 aromatic rings. The van der Waals surface area contributed by atoms with Crippen molar-refractivity contribution in [2.75, 3.05) is 44.6 Å². The van der Waals surface area contributed by atoms with Crippen molar-refractivity contribution in [3.05, 3.63) is 53.6 Å². The fourth-order valence-electron chi connectivity index (χ4n) is 3.76. The van der Waals surface area contributed by atoms with E-state index in [4.69, 9.17) is 9.72 Å². The number of nitrogens with one attached hydrogen (secondary N) is 2. The Kier molecular flexibility index (Phi) is 6.10. The van der Waals surface area contributed by atoms with E-state index in [-0.39, 0.29) is 0 Å². The highest BCUT2D eigenvalue weighted by molar-refractivity contribution is 7.22. The number of hydrogen-bond acceptors (Lipinski definition) is 6. The number of benzene rings is 2. The molecule has 0 radical (unpaired) electrons. The highest BCUT2D eigenvalue weighted by Crippen LogP contribution is 2.28. The maximum atomic E-state index is 5.83. The van der Waals surface area contributed by atoms with Crippen LogP contribution >= 0.6 is 11.3 Å². The quantitative estimate of drug-likeness (QED) is 0.631. The Bertz CT molecular complexity index is 926. The maximum absolute atomic E-state index is 5.83. The summed E-state index contributed by atoms with van der Waals surface area (Å²) in [5, 5.41) is 8.17. The third-order valence-electron chi connectivity index (χ3n) is 5.18. The first-order chi connectivity index (χ1) is 13.7. The number of thiazole rings is 1. The zero-order valence-electron chi connectivity index (χ0n) is 16.6. The summed E-state index contributed by atoms with van der Waals surface area (Å²) in [6, 6.07) is 15.0. The fraction of sp³-hybridized carbons (Fsp3) is 0.409. The summed E-state index contributed by atoms with van der Waals surface area (Å²) in [5.41, 5.74) is 3.60. The van der Waals surface area contributed by atoms with Gasteiger partial charge in [0.25, 0.3) is 0 Å². The summed E-state index contributed by atoms with van der Waals surface area (Å²) in [4.78, 5) is 7.26. The van der Waals surface area contributed by atoms with Crippen LogP contribution in [-0.4, -0.2) is 49.2 Å². The summed E-state index contributed by atoms with van der Waals surface area (Å²) < 4.78 is 7.07. The first-order valence-corrected chi connectivity index (χ1v) is 10.8. The van der Waals surface area contributed by atoms with Gasteiger partial charge in [0.2, 0.25) is 0 Å². The molecule has 2 heterocycles. The Hall–Kier alpha value is -2.15. The molecule has 4 rings (SSSR count). The van der Waals surface area contributed by atoms with Crippen molar-refractivity contribution in [2.24, 2.45) is 0 Å². The average Bonchev–Trinajstić information content (AvgIpc) is 3.13. The Labute approximate surface area is 170 Å². The highest BCUT2D eigenvalue weighted by atomic mass is 32.1. The van der Waals surface area contributed by atoms with Crippen LogP contribution in [-0.2, 0) is 0 Å². The van der Waals surface area contributed by atoms with Crippen molar-refractivity contribution < 1.29 is 4.74 Å². The molecule has 1 aliphatic heterocycles. The largest absolute Gasteiger partial charge is 0.494 e. The molecule has 6 heteroatoms. The first-order valence-electron chi connectivity index (χ1n) is 10.0. The number of nitrogens with zero attached hydrogens (tertiary/aromatic N) is 2. The monoisotopic (exact) mass is 396 g/mol. The summed E-state index contributed by atoms with van der Waals surface area (Å²) in [5.74, 6) is 0.993. The lowest BCUT2D eigenvalue weighted by molar-refractivity contribution is 0.204. The SMILES string of the molecule is CCOc1ccccc1C1CN(CCNc2nc3c(C)cccc3s2)CCN1. The number of aromatic nitrogens is 1. The van der Waals surface area contributed by atoms with Crippen molar-refractivity contribution in [2.45, 2.75) is 19.9 Å². The minimum atomic E-state index is 0.307. The maximum Gasteiger partial charge on any atom is 0.183 e. The van der Waals surface area contributed by atoms with Gasteiger partial charge in [0, 0.05) is 44.3 Å². The van der Waals surface area contributed by atoms with Gasteiger partial charge in [-0.2, -0.15) is 0 Å². The number of rotatable bonds is 7. The van der Waals surface area contributed by atoms with Crippen LogP contribution in [0.3, 0.4) is 0 Å². The van der Waals surface area contributed by atoms with Crippen molar-refractivity contribution in [1.82, 2.24) is 15.2 Å². The lowest BCUT2D eigenvalue weighted by Crippen LogP contribution is -2.47. The summed E-state index contributed by atoms with van der Waals surface area (Å²) in [6.07, 6.45) is 0. The molecule has 1 atom stereocenters. The molecule has 1 unspecified atom stereocenters. The van der Waals surface area contributed by atoms with Crippen LogP contribution in [0, 0.1) is 6.92 Å². The Morgan fingerprint density at radius 3 is 3.00 bits per heavy atom. The van der Waals surface area contributed by atoms with Crippen LogP contribution < -0.4 is 15.4 Å². The molecule has 1 saturated heterocycles. The molecule has 2 N–H and O–H groups in total. The molecule has 5 nitrogen and oxygen atoms in total. The standard InChI is InChI=1S/C22H28N4OS/c1-3-27-19-9-5-4-8-17(19)18-15-26(13-11-23-18)14-12-24-22-25-21-16(2)7-6-10-20(21)28-22/h4-10,18,23H,3,11-15H2,1-2H3,(H,24,25). The predicted molar refractivity (Wildman–Crippen MR) is 118 cm³/mol. The Morgan fingerprint density at radius 1 is 1.25 bits per heavy atom. The second-order valence-corrected chi connectivity index (χ2v) is 8.18. The minimum Gasteiger partial charge on any atom is -0.494 e. The van der Waals surface area contributed by atoms with Crippen molar-refractivity contribution in [3.8, 4) is 5.75 Å². The Balaban J connectivity index is 1.34. The lowest BCUT2D eigenvalue weighted by atomic mass is 10.0. The van der Waals surface area contributed by atoms with Gasteiger partial charge in [-0.1, -0.05) is 41.7 Å². The van der Waals surface area contributed by atoms with E-state index in [2.05, 4.69) is 58.9 Å². The predicted octanol–water partition coefficient (Wildman–Crippen LogP) is 4.06. The van der Waals surface area contributed by atoms with Gasteiger partial charge in [-0.15, -0.1) is 0 Å². The zero-order valence-corrected chi connectivity index (χ0v) is 17.4. The van der Waals surface area contributed by atoms with Gasteiger partial charge in [-0.3, -0.25) is 4.90 Å². The summed E-state index contributed by atoms with van der Waals surface area (Å²) >= 11 is 1.73. The number of anilines is 1. The lowest BCUT2D eigenvalue weighted by Gasteiger charge is -2.34. The number of piperazine rings is 1. The average molecular weight is 397 g/mol. The number of fused-ring (bicyclic) bond motifs is 1. The molecule has 1 aromatic heterocycles. The second-order valence-electron chi connectivity index (χ2n) is 7.15. The van der Waals surface area contributed by atoms with Crippen LogP contribution in [0.2, 0.25) is 0 Å². The van der Waals surface area contributed by atoms with Crippen molar-refractivity contribution in [3.63, 3.8) is 0 Å². The smallest absolute Gasteiger partial charge is 0.183 e. The van der Waals surface area contributed by atoms with E-state index < -0.39 is 0 Å². The van der Waals surface area contributed by atoms with E-state index in [0.717, 1.165) is 49.1 Å². The van der Waals surface area contributed by atoms with Gasteiger partial charge >= 0.3 is 0 Å². The van der Waals surface area contributed by atoms with Crippen LogP contribution in [0.4, 0.5) is 5.13 Å². The fourth-order valence-corrected chi connectivity index (χ4v) is 4.73. The molecule has 28 heavy (non-hydrogen) atoms.